The molecule has 1 aliphatic heterocycles. The van der Waals surface area contributed by atoms with Gasteiger partial charge in [-0.15, -0.1) is 12.4 Å². The number of hydrogen-bond acceptors (Lipinski definition) is 4. The van der Waals surface area contributed by atoms with E-state index in [2.05, 4.69) is 29.6 Å². The van der Waals surface area contributed by atoms with E-state index < -0.39 is 6.04 Å². The van der Waals surface area contributed by atoms with Crippen LogP contribution >= 0.6 is 12.4 Å². The summed E-state index contributed by atoms with van der Waals surface area (Å²) in [6, 6.07) is 8.13. The fourth-order valence-corrected chi connectivity index (χ4v) is 3.80. The molecule has 1 aromatic carbocycles. The zero-order valence-electron chi connectivity index (χ0n) is 15.3. The van der Waals surface area contributed by atoms with Gasteiger partial charge < -0.3 is 20.5 Å². The summed E-state index contributed by atoms with van der Waals surface area (Å²) in [6.07, 6.45) is 6.17. The number of nitrogens with one attached hydrogen (secondary N) is 1. The molecule has 0 spiro atoms. The number of carbonyl (C=O) groups excluding carboxylic acids is 1. The second-order valence-corrected chi connectivity index (χ2v) is 7.07. The Labute approximate surface area is 162 Å². The van der Waals surface area contributed by atoms with E-state index in [-0.39, 0.29) is 30.3 Å². The van der Waals surface area contributed by atoms with Gasteiger partial charge in [-0.05, 0) is 55.6 Å². The zero-order chi connectivity index (χ0) is 17.5. The number of nitrogens with two attached hydrogens (primary N) is 1. The quantitative estimate of drug-likeness (QED) is 0.711. The lowest BCUT2D eigenvalue weighted by atomic mass is 9.89. The van der Waals surface area contributed by atoms with Gasteiger partial charge in [-0.2, -0.15) is 0 Å². The average Bonchev–Trinajstić information content (AvgIpc) is 2.67. The number of rotatable bonds is 7. The third kappa shape index (κ3) is 5.68. The third-order valence-corrected chi connectivity index (χ3v) is 5.33. The molecule has 2 unspecified atom stereocenters. The van der Waals surface area contributed by atoms with E-state index >= 15 is 0 Å². The maximum absolute atomic E-state index is 12.2. The summed E-state index contributed by atoms with van der Waals surface area (Å²) in [6.45, 7) is 2.70. The maximum Gasteiger partial charge on any atom is 0.237 e. The summed E-state index contributed by atoms with van der Waals surface area (Å²) in [7, 11) is 0. The van der Waals surface area contributed by atoms with Gasteiger partial charge in [0.1, 0.15) is 0 Å². The molecule has 1 aromatic rings. The molecule has 3 N–H and O–H groups in total. The predicted octanol–water partition coefficient (Wildman–Crippen LogP) is 2.76. The van der Waals surface area contributed by atoms with Crippen LogP contribution in [0, 0.1) is 5.92 Å². The lowest BCUT2D eigenvalue weighted by Gasteiger charge is -2.27. The maximum atomic E-state index is 12.2. The molecular weight excluding hydrogens is 352 g/mol. The monoisotopic (exact) mass is 382 g/mol. The molecule has 2 atom stereocenters. The van der Waals surface area contributed by atoms with Crippen molar-refractivity contribution in [3.63, 3.8) is 0 Å². The van der Waals surface area contributed by atoms with Gasteiger partial charge in [-0.25, -0.2) is 0 Å². The molecular formula is C20H31ClN2O3. The van der Waals surface area contributed by atoms with E-state index in [0.29, 0.717) is 26.4 Å². The summed E-state index contributed by atoms with van der Waals surface area (Å²) in [5.41, 5.74) is 8.82. The van der Waals surface area contributed by atoms with Crippen molar-refractivity contribution in [2.24, 2.45) is 11.7 Å². The first-order valence-corrected chi connectivity index (χ1v) is 9.56. The van der Waals surface area contributed by atoms with Crippen LogP contribution in [0.5, 0.6) is 0 Å². The van der Waals surface area contributed by atoms with Crippen molar-refractivity contribution in [3.8, 4) is 0 Å². The summed E-state index contributed by atoms with van der Waals surface area (Å²) in [5.74, 6) is 0.193. The van der Waals surface area contributed by atoms with E-state index in [1.807, 2.05) is 0 Å². The molecule has 3 rings (SSSR count). The highest BCUT2D eigenvalue weighted by Gasteiger charge is 2.26. The first-order valence-electron chi connectivity index (χ1n) is 9.56. The fraction of sp³-hybridized carbons (Fsp3) is 0.650. The number of amides is 1. The van der Waals surface area contributed by atoms with Crippen LogP contribution in [-0.4, -0.2) is 38.3 Å². The average molecular weight is 383 g/mol. The minimum Gasteiger partial charge on any atom is -0.381 e. The number of hydrogen-bond donors (Lipinski definition) is 2. The van der Waals surface area contributed by atoms with Crippen LogP contribution in [0.3, 0.4) is 0 Å². The first-order chi connectivity index (χ1) is 12.3. The Morgan fingerprint density at radius 2 is 2.04 bits per heavy atom. The Bertz CT molecular complexity index is 564. The molecule has 0 radical (unpaired) electrons. The Morgan fingerprint density at radius 3 is 2.85 bits per heavy atom. The number of benzene rings is 1. The van der Waals surface area contributed by atoms with Crippen LogP contribution in [0.2, 0.25) is 0 Å². The standard InChI is InChI=1S/C20H30N2O3.ClH/c21-19(16-9-13-24-14-10-16)20(23)22-11-4-12-25-18-8-3-6-15-5-1-2-7-17(15)18;/h1-2,5,7,16,18-19H,3-4,6,8-14,21H2,(H,22,23);1H. The van der Waals surface area contributed by atoms with Gasteiger partial charge in [0.2, 0.25) is 5.91 Å². The van der Waals surface area contributed by atoms with Gasteiger partial charge in [0, 0.05) is 26.4 Å². The Balaban J connectivity index is 0.00000243. The predicted molar refractivity (Wildman–Crippen MR) is 104 cm³/mol. The minimum atomic E-state index is -0.421. The van der Waals surface area contributed by atoms with Crippen molar-refractivity contribution in [2.75, 3.05) is 26.4 Å². The van der Waals surface area contributed by atoms with Crippen LogP contribution < -0.4 is 11.1 Å². The molecule has 0 saturated carbocycles. The van der Waals surface area contributed by atoms with Crippen molar-refractivity contribution in [2.45, 2.75) is 50.7 Å². The Morgan fingerprint density at radius 1 is 1.27 bits per heavy atom. The molecule has 1 amide bonds. The molecule has 1 heterocycles. The normalized spacial score (nSPS) is 21.3. The first kappa shape index (κ1) is 21.2. The number of carbonyl (C=O) groups is 1. The molecule has 1 saturated heterocycles. The highest BCUT2D eigenvalue weighted by atomic mass is 35.5. The van der Waals surface area contributed by atoms with Crippen molar-refractivity contribution < 1.29 is 14.3 Å². The molecule has 1 fully saturated rings. The number of ether oxygens (including phenoxy) is 2. The second-order valence-electron chi connectivity index (χ2n) is 7.07. The highest BCUT2D eigenvalue weighted by Crippen LogP contribution is 2.32. The smallest absolute Gasteiger partial charge is 0.237 e. The van der Waals surface area contributed by atoms with Crippen molar-refractivity contribution in [1.82, 2.24) is 5.32 Å². The molecule has 146 valence electrons. The number of aryl methyl sites for hydroxylation is 1. The second kappa shape index (κ2) is 10.9. The van der Waals surface area contributed by atoms with E-state index in [1.165, 1.54) is 17.5 Å². The van der Waals surface area contributed by atoms with Crippen LogP contribution in [0.25, 0.3) is 0 Å². The van der Waals surface area contributed by atoms with Crippen molar-refractivity contribution >= 4 is 18.3 Å². The van der Waals surface area contributed by atoms with Crippen LogP contribution in [0.4, 0.5) is 0 Å². The highest BCUT2D eigenvalue weighted by molar-refractivity contribution is 5.85. The molecule has 6 heteroatoms. The zero-order valence-corrected chi connectivity index (χ0v) is 16.1. The van der Waals surface area contributed by atoms with Gasteiger partial charge >= 0.3 is 0 Å². The fourth-order valence-electron chi connectivity index (χ4n) is 3.80. The van der Waals surface area contributed by atoms with Crippen molar-refractivity contribution in [1.29, 1.82) is 0 Å². The largest absolute Gasteiger partial charge is 0.381 e. The molecule has 26 heavy (non-hydrogen) atoms. The van der Waals surface area contributed by atoms with E-state index in [0.717, 1.165) is 32.1 Å². The summed E-state index contributed by atoms with van der Waals surface area (Å²) in [5, 5.41) is 2.95. The Hall–Kier alpha value is -1.14. The van der Waals surface area contributed by atoms with E-state index in [1.54, 1.807) is 0 Å². The summed E-state index contributed by atoms with van der Waals surface area (Å²) in [4.78, 5) is 12.2. The summed E-state index contributed by atoms with van der Waals surface area (Å²) < 4.78 is 11.4. The molecule has 1 aliphatic carbocycles. The van der Waals surface area contributed by atoms with Gasteiger partial charge in [0.15, 0.2) is 0 Å². The lowest BCUT2D eigenvalue weighted by molar-refractivity contribution is -0.124. The SMILES string of the molecule is Cl.NC(C(=O)NCCCOC1CCCc2ccccc21)C1CCOCC1. The number of fused-ring (bicyclic) bond motifs is 1. The number of halogens is 1. The van der Waals surface area contributed by atoms with Crippen LogP contribution in [-0.2, 0) is 20.7 Å². The molecule has 5 nitrogen and oxygen atoms in total. The lowest BCUT2D eigenvalue weighted by Crippen LogP contribution is -2.47. The molecule has 2 aliphatic rings. The summed E-state index contributed by atoms with van der Waals surface area (Å²) >= 11 is 0. The topological polar surface area (TPSA) is 73.6 Å². The van der Waals surface area contributed by atoms with Crippen LogP contribution in [0.1, 0.15) is 49.3 Å². The van der Waals surface area contributed by atoms with Gasteiger partial charge in [-0.3, -0.25) is 4.79 Å². The van der Waals surface area contributed by atoms with E-state index in [9.17, 15) is 4.79 Å². The molecule has 0 aromatic heterocycles. The Kier molecular flexibility index (Phi) is 8.85. The minimum absolute atomic E-state index is 0. The van der Waals surface area contributed by atoms with Gasteiger partial charge in [-0.1, -0.05) is 24.3 Å². The van der Waals surface area contributed by atoms with Crippen LogP contribution in [0.15, 0.2) is 24.3 Å². The van der Waals surface area contributed by atoms with E-state index in [4.69, 9.17) is 15.2 Å². The van der Waals surface area contributed by atoms with Gasteiger partial charge in [0.05, 0.1) is 12.1 Å². The third-order valence-electron chi connectivity index (χ3n) is 5.33. The molecule has 0 bridgehead atoms. The van der Waals surface area contributed by atoms with Crippen molar-refractivity contribution in [3.05, 3.63) is 35.4 Å². The van der Waals surface area contributed by atoms with Gasteiger partial charge in [0.25, 0.3) is 0 Å².